The second-order valence-corrected chi connectivity index (χ2v) is 9.38. The molecule has 5 nitrogen and oxygen atoms in total. The lowest BCUT2D eigenvalue weighted by Crippen LogP contribution is -2.49. The molecule has 0 bridgehead atoms. The average Bonchev–Trinajstić information content (AvgIpc) is 3.20. The number of benzene rings is 2. The quantitative estimate of drug-likeness (QED) is 0.660. The fraction of sp³-hybridized carbons (Fsp3) is 0.409. The van der Waals surface area contributed by atoms with E-state index in [1.54, 1.807) is 0 Å². The molecular weight excluding hydrogens is 372 g/mol. The van der Waals surface area contributed by atoms with Crippen LogP contribution in [0.4, 0.5) is 0 Å². The Bertz CT molecular complexity index is 647. The van der Waals surface area contributed by atoms with Crippen LogP contribution in [0.5, 0.6) is 0 Å². The summed E-state index contributed by atoms with van der Waals surface area (Å²) >= 11 is 0. The van der Waals surface area contributed by atoms with E-state index in [2.05, 4.69) is 48.5 Å². The summed E-state index contributed by atoms with van der Waals surface area (Å²) in [5, 5.41) is 20.1. The van der Waals surface area contributed by atoms with Gasteiger partial charge < -0.3 is 19.4 Å². The van der Waals surface area contributed by atoms with E-state index < -0.39 is 20.6 Å². The van der Waals surface area contributed by atoms with Crippen LogP contribution in [0.1, 0.15) is 32.6 Å². The number of carbonyl (C=O) groups is 1. The van der Waals surface area contributed by atoms with Gasteiger partial charge >= 0.3 is 5.97 Å². The molecule has 2 aromatic carbocycles. The highest BCUT2D eigenvalue weighted by Gasteiger charge is 2.36. The number of ether oxygens (including phenoxy) is 1. The second-order valence-electron chi connectivity index (χ2n) is 6.95. The summed E-state index contributed by atoms with van der Waals surface area (Å²) in [6.45, 7) is 3.04. The molecule has 152 valence electrons. The van der Waals surface area contributed by atoms with Crippen molar-refractivity contribution in [3.63, 3.8) is 0 Å². The lowest BCUT2D eigenvalue weighted by molar-refractivity contribution is -0.137. The zero-order valence-corrected chi connectivity index (χ0v) is 17.6. The summed E-state index contributed by atoms with van der Waals surface area (Å²) in [7, 11) is -1.76. The highest BCUT2D eigenvalue weighted by atomic mass is 28.3. The van der Waals surface area contributed by atoms with Gasteiger partial charge in [-0.05, 0) is 29.6 Å². The number of rotatable bonds is 8. The average molecular weight is 403 g/mol. The van der Waals surface area contributed by atoms with Crippen molar-refractivity contribution in [2.24, 2.45) is 0 Å². The molecule has 1 fully saturated rings. The predicted octanol–water partition coefficient (Wildman–Crippen LogP) is 1.95. The molecule has 0 unspecified atom stereocenters. The first-order chi connectivity index (χ1) is 13.6. The SMILES string of the molecule is CCCC(=O)O.OC[C@]1(CO[SiH](c2ccccc2)c2ccccc2)CCCO1. The number of carboxylic acid groups (broad SMARTS) is 1. The van der Waals surface area contributed by atoms with Crippen molar-refractivity contribution in [3.05, 3.63) is 60.7 Å². The van der Waals surface area contributed by atoms with Crippen LogP contribution in [0.15, 0.2) is 60.7 Å². The Balaban J connectivity index is 0.000000409. The van der Waals surface area contributed by atoms with E-state index in [9.17, 15) is 9.90 Å². The highest BCUT2D eigenvalue weighted by Crippen LogP contribution is 2.25. The fourth-order valence-corrected chi connectivity index (χ4v) is 5.51. The fourth-order valence-electron chi connectivity index (χ4n) is 3.13. The molecule has 2 aromatic rings. The van der Waals surface area contributed by atoms with Crippen molar-refractivity contribution in [3.8, 4) is 0 Å². The second kappa shape index (κ2) is 11.8. The topological polar surface area (TPSA) is 76.0 Å². The van der Waals surface area contributed by atoms with Crippen molar-refractivity contribution in [2.45, 2.75) is 38.2 Å². The monoisotopic (exact) mass is 402 g/mol. The molecular formula is C22H30O5Si. The van der Waals surface area contributed by atoms with E-state index in [4.69, 9.17) is 14.3 Å². The van der Waals surface area contributed by atoms with Gasteiger partial charge in [-0.25, -0.2) is 0 Å². The van der Waals surface area contributed by atoms with Crippen molar-refractivity contribution in [1.29, 1.82) is 0 Å². The summed E-state index contributed by atoms with van der Waals surface area (Å²) in [6, 6.07) is 20.8. The maximum absolute atomic E-state index is 9.68. The van der Waals surface area contributed by atoms with E-state index in [-0.39, 0.29) is 6.61 Å². The Hall–Kier alpha value is -1.99. The number of carboxylic acids is 1. The lowest BCUT2D eigenvalue weighted by Gasteiger charge is -2.28. The molecule has 6 heteroatoms. The third-order valence-corrected chi connectivity index (χ3v) is 7.14. The van der Waals surface area contributed by atoms with Gasteiger partial charge in [0.25, 0.3) is 0 Å². The van der Waals surface area contributed by atoms with Crippen LogP contribution in [0.2, 0.25) is 0 Å². The molecule has 3 rings (SSSR count). The van der Waals surface area contributed by atoms with Crippen molar-refractivity contribution in [2.75, 3.05) is 19.8 Å². The number of aliphatic hydroxyl groups excluding tert-OH is 1. The number of aliphatic carboxylic acids is 1. The molecule has 0 aromatic heterocycles. The standard InChI is InChI=1S/C18H22O3Si.C4H8O2/c19-14-18(12-7-13-20-18)15-21-22(16-8-3-1-4-9-16)17-10-5-2-6-11-17;1-2-3-4(5)6/h1-6,8-11,19,22H,7,12-15H2;2-3H2,1H3,(H,5,6)/t18-;/m0./s1. The summed E-state index contributed by atoms with van der Waals surface area (Å²) < 4.78 is 12.1. The van der Waals surface area contributed by atoms with Crippen LogP contribution in [0.3, 0.4) is 0 Å². The predicted molar refractivity (Wildman–Crippen MR) is 113 cm³/mol. The molecule has 1 heterocycles. The Labute approximate surface area is 168 Å². The molecule has 0 spiro atoms. The van der Waals surface area contributed by atoms with E-state index >= 15 is 0 Å². The van der Waals surface area contributed by atoms with Crippen LogP contribution >= 0.6 is 0 Å². The van der Waals surface area contributed by atoms with Crippen LogP contribution in [0.25, 0.3) is 0 Å². The molecule has 28 heavy (non-hydrogen) atoms. The number of hydrogen-bond donors (Lipinski definition) is 2. The lowest BCUT2D eigenvalue weighted by atomic mass is 10.0. The maximum atomic E-state index is 9.68. The minimum Gasteiger partial charge on any atom is -0.481 e. The van der Waals surface area contributed by atoms with Crippen LogP contribution in [-0.2, 0) is 14.0 Å². The van der Waals surface area contributed by atoms with E-state index in [0.717, 1.165) is 19.3 Å². The zero-order valence-electron chi connectivity index (χ0n) is 16.4. The van der Waals surface area contributed by atoms with Gasteiger partial charge in [-0.3, -0.25) is 4.79 Å². The Morgan fingerprint density at radius 1 is 1.11 bits per heavy atom. The number of hydrogen-bond acceptors (Lipinski definition) is 4. The van der Waals surface area contributed by atoms with E-state index in [1.807, 2.05) is 19.1 Å². The molecule has 0 aliphatic carbocycles. The van der Waals surface area contributed by atoms with Gasteiger partial charge in [0.2, 0.25) is 9.04 Å². The molecule has 0 radical (unpaired) electrons. The van der Waals surface area contributed by atoms with Crippen molar-refractivity contribution >= 4 is 25.4 Å². The van der Waals surface area contributed by atoms with Gasteiger partial charge in [0.05, 0.1) is 13.2 Å². The third kappa shape index (κ3) is 6.87. The maximum Gasteiger partial charge on any atom is 0.303 e. The first-order valence-electron chi connectivity index (χ1n) is 9.78. The summed E-state index contributed by atoms with van der Waals surface area (Å²) in [5.74, 6) is -0.711. The molecule has 1 saturated heterocycles. The Morgan fingerprint density at radius 3 is 2.04 bits per heavy atom. The molecule has 1 atom stereocenters. The van der Waals surface area contributed by atoms with Crippen molar-refractivity contribution < 1.29 is 24.2 Å². The molecule has 0 saturated carbocycles. The first-order valence-corrected chi connectivity index (χ1v) is 11.4. The smallest absolute Gasteiger partial charge is 0.303 e. The first kappa shape index (κ1) is 22.3. The van der Waals surface area contributed by atoms with Gasteiger partial charge in [0.1, 0.15) is 5.60 Å². The Kier molecular flexibility index (Phi) is 9.37. The summed E-state index contributed by atoms with van der Waals surface area (Å²) in [4.78, 5) is 9.60. The van der Waals surface area contributed by atoms with Gasteiger partial charge in [-0.15, -0.1) is 0 Å². The van der Waals surface area contributed by atoms with Gasteiger partial charge in [0, 0.05) is 13.0 Å². The number of aliphatic hydroxyl groups is 1. The zero-order chi connectivity index (χ0) is 20.2. The minimum atomic E-state index is -1.76. The van der Waals surface area contributed by atoms with E-state index in [0.29, 0.717) is 19.6 Å². The van der Waals surface area contributed by atoms with Crippen LogP contribution in [0, 0.1) is 0 Å². The molecule has 1 aliphatic heterocycles. The third-order valence-electron chi connectivity index (χ3n) is 4.65. The summed E-state index contributed by atoms with van der Waals surface area (Å²) in [5.41, 5.74) is -0.505. The van der Waals surface area contributed by atoms with Crippen LogP contribution < -0.4 is 10.4 Å². The van der Waals surface area contributed by atoms with Gasteiger partial charge in [-0.1, -0.05) is 67.6 Å². The summed E-state index contributed by atoms with van der Waals surface area (Å²) in [6.07, 6.45) is 2.89. The molecule has 2 N–H and O–H groups in total. The Morgan fingerprint density at radius 2 is 1.68 bits per heavy atom. The van der Waals surface area contributed by atoms with Crippen molar-refractivity contribution in [1.82, 2.24) is 0 Å². The highest BCUT2D eigenvalue weighted by molar-refractivity contribution is 6.80. The minimum absolute atomic E-state index is 0.0255. The molecule has 0 amide bonds. The largest absolute Gasteiger partial charge is 0.481 e. The van der Waals surface area contributed by atoms with Gasteiger partial charge in [-0.2, -0.15) is 0 Å². The normalized spacial score (nSPS) is 18.5. The van der Waals surface area contributed by atoms with Crippen LogP contribution in [-0.4, -0.2) is 50.6 Å². The molecule has 1 aliphatic rings. The van der Waals surface area contributed by atoms with E-state index in [1.165, 1.54) is 10.4 Å². The van der Waals surface area contributed by atoms with Gasteiger partial charge in [0.15, 0.2) is 0 Å².